The summed E-state index contributed by atoms with van der Waals surface area (Å²) < 4.78 is 13.8. The number of aryl methyl sites for hydroxylation is 1. The maximum atomic E-state index is 13.8. The van der Waals surface area contributed by atoms with Crippen LogP contribution >= 0.6 is 0 Å². The Balaban J connectivity index is 1.52. The van der Waals surface area contributed by atoms with E-state index in [1.807, 2.05) is 31.2 Å². The van der Waals surface area contributed by atoms with E-state index in [0.717, 1.165) is 44.4 Å². The van der Waals surface area contributed by atoms with E-state index in [9.17, 15) is 4.39 Å². The molecular weight excluding hydrogens is 405 g/mol. The van der Waals surface area contributed by atoms with Gasteiger partial charge in [0, 0.05) is 35.1 Å². The van der Waals surface area contributed by atoms with Crippen molar-refractivity contribution in [1.29, 1.82) is 0 Å². The number of rotatable bonds is 3. The van der Waals surface area contributed by atoms with Crippen molar-refractivity contribution < 1.29 is 4.39 Å². The average Bonchev–Trinajstić information content (AvgIpc) is 3.42. The summed E-state index contributed by atoms with van der Waals surface area (Å²) in [5.41, 5.74) is 7.14. The van der Waals surface area contributed by atoms with Gasteiger partial charge >= 0.3 is 0 Å². The number of imidazole rings is 1. The highest BCUT2D eigenvalue weighted by Gasteiger charge is 2.17. The van der Waals surface area contributed by atoms with Crippen LogP contribution in [0.25, 0.3) is 56.0 Å². The number of hydrogen-bond acceptors (Lipinski definition) is 5. The monoisotopic (exact) mass is 421 g/mol. The maximum Gasteiger partial charge on any atom is 0.178 e. The minimum Gasteiger partial charge on any atom is -0.335 e. The summed E-state index contributed by atoms with van der Waals surface area (Å²) in [6, 6.07) is 12.2. The molecule has 6 aromatic rings. The van der Waals surface area contributed by atoms with Crippen LogP contribution < -0.4 is 0 Å². The molecule has 0 unspecified atom stereocenters. The predicted molar refractivity (Wildman–Crippen MR) is 120 cm³/mol. The lowest BCUT2D eigenvalue weighted by Crippen LogP contribution is -1.89. The molecule has 0 spiro atoms. The van der Waals surface area contributed by atoms with Crippen molar-refractivity contribution in [2.75, 3.05) is 0 Å². The smallest absolute Gasteiger partial charge is 0.178 e. The third-order valence-corrected chi connectivity index (χ3v) is 5.51. The number of nitrogens with zero attached hydrogens (tertiary/aromatic N) is 5. The van der Waals surface area contributed by atoms with E-state index >= 15 is 0 Å². The molecule has 5 heterocycles. The van der Waals surface area contributed by atoms with Crippen molar-refractivity contribution in [3.63, 3.8) is 0 Å². The molecule has 2 N–H and O–H groups in total. The first-order valence-electron chi connectivity index (χ1n) is 10.0. The Bertz CT molecular complexity index is 1620. The minimum atomic E-state index is -0.295. The van der Waals surface area contributed by atoms with Crippen molar-refractivity contribution in [2.45, 2.75) is 6.92 Å². The summed E-state index contributed by atoms with van der Waals surface area (Å²) in [5.74, 6) is 0.277. The van der Waals surface area contributed by atoms with Crippen LogP contribution in [-0.2, 0) is 0 Å². The second-order valence-corrected chi connectivity index (χ2v) is 7.53. The van der Waals surface area contributed by atoms with Crippen LogP contribution in [0.1, 0.15) is 5.56 Å². The van der Waals surface area contributed by atoms with Crippen LogP contribution in [0.3, 0.4) is 0 Å². The first-order valence-corrected chi connectivity index (χ1v) is 10.0. The Morgan fingerprint density at radius 3 is 2.75 bits per heavy atom. The van der Waals surface area contributed by atoms with Crippen LogP contribution in [0.15, 0.2) is 67.3 Å². The fraction of sp³-hybridized carbons (Fsp3) is 0.0417. The molecule has 0 atom stereocenters. The molecule has 0 aliphatic rings. The summed E-state index contributed by atoms with van der Waals surface area (Å²) in [5, 5.41) is 8.37. The van der Waals surface area contributed by atoms with Crippen LogP contribution in [-0.4, -0.2) is 35.1 Å². The molecule has 6 rings (SSSR count). The van der Waals surface area contributed by atoms with Gasteiger partial charge in [0.1, 0.15) is 11.5 Å². The lowest BCUT2D eigenvalue weighted by Gasteiger charge is -2.04. The highest BCUT2D eigenvalue weighted by atomic mass is 19.1. The van der Waals surface area contributed by atoms with E-state index in [4.69, 9.17) is 0 Å². The number of H-pyrrole nitrogens is 2. The number of fused-ring (bicyclic) bond motifs is 2. The van der Waals surface area contributed by atoms with Crippen molar-refractivity contribution >= 4 is 22.1 Å². The third kappa shape index (κ3) is 2.92. The zero-order valence-electron chi connectivity index (χ0n) is 17.0. The maximum absolute atomic E-state index is 13.8. The van der Waals surface area contributed by atoms with Gasteiger partial charge in [-0.05, 0) is 48.4 Å². The lowest BCUT2D eigenvalue weighted by molar-refractivity contribution is 0.628. The minimum absolute atomic E-state index is 0.295. The van der Waals surface area contributed by atoms with Crippen LogP contribution in [0, 0.1) is 12.7 Å². The number of hydrogen-bond donors (Lipinski definition) is 2. The summed E-state index contributed by atoms with van der Waals surface area (Å²) in [6.45, 7) is 2.03. The summed E-state index contributed by atoms with van der Waals surface area (Å²) >= 11 is 0. The lowest BCUT2D eigenvalue weighted by atomic mass is 10.1. The molecule has 5 aromatic heterocycles. The molecule has 0 aliphatic heterocycles. The molecule has 7 nitrogen and oxygen atoms in total. The van der Waals surface area contributed by atoms with E-state index in [0.29, 0.717) is 17.2 Å². The van der Waals surface area contributed by atoms with Gasteiger partial charge in [0.2, 0.25) is 0 Å². The Labute approximate surface area is 181 Å². The molecule has 0 aliphatic carbocycles. The Morgan fingerprint density at radius 2 is 1.88 bits per heavy atom. The first-order chi connectivity index (χ1) is 15.7. The van der Waals surface area contributed by atoms with Gasteiger partial charge in [-0.1, -0.05) is 12.1 Å². The molecule has 154 valence electrons. The van der Waals surface area contributed by atoms with Gasteiger partial charge in [0.05, 0.1) is 22.9 Å². The summed E-state index contributed by atoms with van der Waals surface area (Å²) in [4.78, 5) is 21.2. The van der Waals surface area contributed by atoms with Crippen LogP contribution in [0.5, 0.6) is 0 Å². The second kappa shape index (κ2) is 7.05. The number of benzene rings is 1. The number of pyridine rings is 3. The zero-order valence-corrected chi connectivity index (χ0v) is 17.0. The molecule has 1 aromatic carbocycles. The molecule has 0 fully saturated rings. The standard InChI is InChI=1S/C24H16FN7/c1-13-5-7-26-11-18(13)19-10-17-20(12-28-19)31-32-22(17)24-29-21-16(6-8-27-23(21)30-24)14-3-2-4-15(25)9-14/h2-12H,1H3,(H,31,32)(H,27,29,30). The van der Waals surface area contributed by atoms with Crippen molar-refractivity contribution in [1.82, 2.24) is 35.1 Å². The molecule has 0 amide bonds. The van der Waals surface area contributed by atoms with Crippen LogP contribution in [0.4, 0.5) is 4.39 Å². The molecule has 32 heavy (non-hydrogen) atoms. The molecule has 0 radical (unpaired) electrons. The Morgan fingerprint density at radius 1 is 0.938 bits per heavy atom. The van der Waals surface area contributed by atoms with E-state index in [1.54, 1.807) is 30.9 Å². The summed E-state index contributed by atoms with van der Waals surface area (Å²) in [6.07, 6.45) is 6.99. The van der Waals surface area contributed by atoms with E-state index in [2.05, 4.69) is 35.1 Å². The molecule has 8 heteroatoms. The molecule has 0 saturated carbocycles. The number of aromatic nitrogens is 7. The third-order valence-electron chi connectivity index (χ3n) is 5.51. The second-order valence-electron chi connectivity index (χ2n) is 7.53. The van der Waals surface area contributed by atoms with Gasteiger partial charge < -0.3 is 4.98 Å². The number of halogens is 1. The van der Waals surface area contributed by atoms with Crippen molar-refractivity contribution in [3.8, 4) is 33.9 Å². The largest absolute Gasteiger partial charge is 0.335 e. The van der Waals surface area contributed by atoms with Gasteiger partial charge in [-0.2, -0.15) is 5.10 Å². The fourth-order valence-electron chi connectivity index (χ4n) is 3.90. The highest BCUT2D eigenvalue weighted by molar-refractivity contribution is 5.96. The number of nitrogens with one attached hydrogen (secondary N) is 2. The van der Waals surface area contributed by atoms with Gasteiger partial charge in [-0.3, -0.25) is 15.1 Å². The van der Waals surface area contributed by atoms with E-state index < -0.39 is 0 Å². The van der Waals surface area contributed by atoms with Gasteiger partial charge in [0.25, 0.3) is 0 Å². The normalized spacial score (nSPS) is 11.4. The Kier molecular flexibility index (Phi) is 4.04. The van der Waals surface area contributed by atoms with Crippen molar-refractivity contribution in [2.24, 2.45) is 0 Å². The topological polar surface area (TPSA) is 96.0 Å². The van der Waals surface area contributed by atoms with Crippen molar-refractivity contribution in [3.05, 3.63) is 78.6 Å². The van der Waals surface area contributed by atoms with Gasteiger partial charge in [-0.15, -0.1) is 0 Å². The fourth-order valence-corrected chi connectivity index (χ4v) is 3.90. The molecular formula is C24H16FN7. The van der Waals surface area contributed by atoms with E-state index in [1.165, 1.54) is 12.1 Å². The van der Waals surface area contributed by atoms with Crippen LogP contribution in [0.2, 0.25) is 0 Å². The highest BCUT2D eigenvalue weighted by Crippen LogP contribution is 2.32. The molecule has 0 saturated heterocycles. The first kappa shape index (κ1) is 18.3. The SMILES string of the molecule is Cc1ccncc1-c1cc2c(-c3nc4nccc(-c5cccc(F)c5)c4[nH]3)n[nH]c2cn1. The predicted octanol–water partition coefficient (Wildman–Crippen LogP) is 5.07. The van der Waals surface area contributed by atoms with Gasteiger partial charge in [-0.25, -0.2) is 14.4 Å². The zero-order chi connectivity index (χ0) is 21.7. The number of aromatic amines is 2. The quantitative estimate of drug-likeness (QED) is 0.416. The summed E-state index contributed by atoms with van der Waals surface area (Å²) in [7, 11) is 0. The molecule has 0 bridgehead atoms. The Hall–Kier alpha value is -4.46. The van der Waals surface area contributed by atoms with E-state index in [-0.39, 0.29) is 5.82 Å². The average molecular weight is 421 g/mol. The van der Waals surface area contributed by atoms with Gasteiger partial charge in [0.15, 0.2) is 11.5 Å².